The first kappa shape index (κ1) is 13.9. The van der Waals surface area contributed by atoms with Gasteiger partial charge in [0.05, 0.1) is 11.7 Å². The van der Waals surface area contributed by atoms with Gasteiger partial charge in [-0.3, -0.25) is 0 Å². The molecule has 1 atom stereocenters. The highest BCUT2D eigenvalue weighted by molar-refractivity contribution is 5.32. The predicted octanol–water partition coefficient (Wildman–Crippen LogP) is 1.77. The number of rotatable bonds is 6. The van der Waals surface area contributed by atoms with Crippen molar-refractivity contribution in [1.82, 2.24) is 4.98 Å². The van der Waals surface area contributed by atoms with Gasteiger partial charge in [-0.25, -0.2) is 4.98 Å². The molecule has 0 amide bonds. The number of nitrogens with zero attached hydrogens (tertiary/aromatic N) is 1. The minimum absolute atomic E-state index is 0.474. The molecule has 3 N–H and O–H groups in total. The summed E-state index contributed by atoms with van der Waals surface area (Å²) in [5.41, 5.74) is 6.12. The molecular weight excluding hydrogens is 216 g/mol. The Morgan fingerprint density at radius 2 is 2.12 bits per heavy atom. The molecule has 0 aliphatic rings. The van der Waals surface area contributed by atoms with Gasteiger partial charge in [-0.15, -0.1) is 0 Å². The van der Waals surface area contributed by atoms with Crippen LogP contribution in [0.3, 0.4) is 0 Å². The molecule has 0 aliphatic heterocycles. The molecule has 1 rings (SSSR count). The average Bonchev–Trinajstić information content (AvgIpc) is 2.32. The highest BCUT2D eigenvalue weighted by atomic mass is 16.5. The largest absolute Gasteiger partial charge is 0.390 e. The van der Waals surface area contributed by atoms with Crippen LogP contribution in [0, 0.1) is 0 Å². The summed E-state index contributed by atoms with van der Waals surface area (Å²) in [6.07, 6.45) is 3.21. The van der Waals surface area contributed by atoms with Crippen molar-refractivity contribution in [3.63, 3.8) is 0 Å². The predicted molar refractivity (Wildman–Crippen MR) is 68.7 cm³/mol. The maximum atomic E-state index is 10.3. The van der Waals surface area contributed by atoms with Gasteiger partial charge in [0.15, 0.2) is 0 Å². The van der Waals surface area contributed by atoms with Gasteiger partial charge in [-0.1, -0.05) is 13.8 Å². The van der Waals surface area contributed by atoms with Gasteiger partial charge in [-0.05, 0) is 30.5 Å². The quantitative estimate of drug-likeness (QED) is 0.792. The highest BCUT2D eigenvalue weighted by Crippen LogP contribution is 2.26. The van der Waals surface area contributed by atoms with Crippen molar-refractivity contribution in [2.45, 2.75) is 44.8 Å². The minimum Gasteiger partial charge on any atom is -0.390 e. The third-order valence-electron chi connectivity index (χ3n) is 3.49. The third kappa shape index (κ3) is 3.17. The lowest BCUT2D eigenvalue weighted by molar-refractivity contribution is -0.106. The molecule has 1 unspecified atom stereocenters. The molecule has 0 aliphatic carbocycles. The SMILES string of the molecule is CCC(CC)(OC)C(O)Cc1ccnc(N)c1. The van der Waals surface area contributed by atoms with Crippen LogP contribution in [0.25, 0.3) is 0 Å². The molecule has 96 valence electrons. The fourth-order valence-electron chi connectivity index (χ4n) is 2.18. The summed E-state index contributed by atoms with van der Waals surface area (Å²) in [7, 11) is 1.65. The van der Waals surface area contributed by atoms with Crippen LogP contribution in [-0.4, -0.2) is 28.9 Å². The Bertz CT molecular complexity index is 343. The molecule has 4 nitrogen and oxygen atoms in total. The van der Waals surface area contributed by atoms with Gasteiger partial charge < -0.3 is 15.6 Å². The summed E-state index contributed by atoms with van der Waals surface area (Å²) in [4.78, 5) is 3.93. The Hall–Kier alpha value is -1.13. The van der Waals surface area contributed by atoms with Crippen molar-refractivity contribution >= 4 is 5.82 Å². The Morgan fingerprint density at radius 1 is 1.47 bits per heavy atom. The van der Waals surface area contributed by atoms with Crippen LogP contribution in [0.1, 0.15) is 32.3 Å². The number of hydrogen-bond donors (Lipinski definition) is 2. The van der Waals surface area contributed by atoms with Crippen molar-refractivity contribution in [2.75, 3.05) is 12.8 Å². The van der Waals surface area contributed by atoms with E-state index in [-0.39, 0.29) is 0 Å². The van der Waals surface area contributed by atoms with E-state index >= 15 is 0 Å². The number of aromatic nitrogens is 1. The van der Waals surface area contributed by atoms with Crippen LogP contribution in [0.2, 0.25) is 0 Å². The van der Waals surface area contributed by atoms with Crippen LogP contribution < -0.4 is 5.73 Å². The number of aliphatic hydroxyl groups excluding tert-OH is 1. The number of hydrogen-bond acceptors (Lipinski definition) is 4. The molecule has 4 heteroatoms. The first-order valence-corrected chi connectivity index (χ1v) is 6.01. The second kappa shape index (κ2) is 5.98. The topological polar surface area (TPSA) is 68.4 Å². The second-order valence-electron chi connectivity index (χ2n) is 4.28. The van der Waals surface area contributed by atoms with Crippen molar-refractivity contribution in [3.8, 4) is 0 Å². The van der Waals surface area contributed by atoms with E-state index in [9.17, 15) is 5.11 Å². The Morgan fingerprint density at radius 3 is 2.59 bits per heavy atom. The zero-order valence-corrected chi connectivity index (χ0v) is 10.8. The van der Waals surface area contributed by atoms with Gasteiger partial charge in [0.1, 0.15) is 5.82 Å². The fourth-order valence-corrected chi connectivity index (χ4v) is 2.18. The smallest absolute Gasteiger partial charge is 0.123 e. The average molecular weight is 238 g/mol. The number of nitrogen functional groups attached to an aromatic ring is 1. The van der Waals surface area contributed by atoms with Crippen molar-refractivity contribution < 1.29 is 9.84 Å². The Balaban J connectivity index is 2.80. The molecule has 0 radical (unpaired) electrons. The van der Waals surface area contributed by atoms with E-state index < -0.39 is 11.7 Å². The van der Waals surface area contributed by atoms with Crippen molar-refractivity contribution in [3.05, 3.63) is 23.9 Å². The summed E-state index contributed by atoms with van der Waals surface area (Å²) in [6, 6.07) is 3.65. The van der Waals surface area contributed by atoms with E-state index in [0.29, 0.717) is 12.2 Å². The van der Waals surface area contributed by atoms with E-state index in [0.717, 1.165) is 18.4 Å². The molecule has 0 aromatic carbocycles. The first-order valence-electron chi connectivity index (χ1n) is 6.01. The molecule has 1 aromatic rings. The number of nitrogens with two attached hydrogens (primary N) is 1. The molecule has 0 bridgehead atoms. The number of ether oxygens (including phenoxy) is 1. The third-order valence-corrected chi connectivity index (χ3v) is 3.49. The van der Waals surface area contributed by atoms with E-state index in [1.54, 1.807) is 19.4 Å². The molecule has 1 heterocycles. The lowest BCUT2D eigenvalue weighted by atomic mass is 9.87. The van der Waals surface area contributed by atoms with Gasteiger partial charge in [0.2, 0.25) is 0 Å². The molecule has 1 aromatic heterocycles. The van der Waals surface area contributed by atoms with Crippen LogP contribution in [-0.2, 0) is 11.2 Å². The monoisotopic (exact) mass is 238 g/mol. The summed E-state index contributed by atoms with van der Waals surface area (Å²) in [6.45, 7) is 4.05. The maximum absolute atomic E-state index is 10.3. The summed E-state index contributed by atoms with van der Waals surface area (Å²) < 4.78 is 5.50. The molecule has 0 fully saturated rings. The zero-order valence-electron chi connectivity index (χ0n) is 10.8. The number of anilines is 1. The van der Waals surface area contributed by atoms with Gasteiger partial charge in [-0.2, -0.15) is 0 Å². The van der Waals surface area contributed by atoms with Gasteiger partial charge >= 0.3 is 0 Å². The standard InChI is InChI=1S/C13H22N2O2/c1-4-13(5-2,17-3)11(16)8-10-6-7-15-12(14)9-10/h6-7,9,11,16H,4-5,8H2,1-3H3,(H2,14,15). The summed E-state index contributed by atoms with van der Waals surface area (Å²) >= 11 is 0. The lowest BCUT2D eigenvalue weighted by Crippen LogP contribution is -2.44. The fraction of sp³-hybridized carbons (Fsp3) is 0.615. The van der Waals surface area contributed by atoms with E-state index in [1.807, 2.05) is 19.9 Å². The van der Waals surface area contributed by atoms with Crippen molar-refractivity contribution in [2.24, 2.45) is 0 Å². The number of aliphatic hydroxyl groups is 1. The highest BCUT2D eigenvalue weighted by Gasteiger charge is 2.34. The van der Waals surface area contributed by atoms with E-state index in [4.69, 9.17) is 10.5 Å². The zero-order chi connectivity index (χ0) is 12.9. The Labute approximate surface area is 103 Å². The minimum atomic E-state index is -0.538. The van der Waals surface area contributed by atoms with Crippen LogP contribution in [0.4, 0.5) is 5.82 Å². The molecular formula is C13H22N2O2. The second-order valence-corrected chi connectivity index (χ2v) is 4.28. The van der Waals surface area contributed by atoms with Gasteiger partial charge in [0, 0.05) is 19.7 Å². The molecule has 17 heavy (non-hydrogen) atoms. The molecule has 0 saturated heterocycles. The Kier molecular flexibility index (Phi) is 4.90. The van der Waals surface area contributed by atoms with Crippen LogP contribution in [0.15, 0.2) is 18.3 Å². The van der Waals surface area contributed by atoms with E-state index in [1.165, 1.54) is 0 Å². The first-order chi connectivity index (χ1) is 8.07. The van der Waals surface area contributed by atoms with Crippen molar-refractivity contribution in [1.29, 1.82) is 0 Å². The maximum Gasteiger partial charge on any atom is 0.123 e. The summed E-state index contributed by atoms with van der Waals surface area (Å²) in [5, 5.41) is 10.3. The summed E-state index contributed by atoms with van der Waals surface area (Å²) in [5.74, 6) is 0.478. The normalized spacial score (nSPS) is 13.6. The van der Waals surface area contributed by atoms with E-state index in [2.05, 4.69) is 4.98 Å². The number of methoxy groups -OCH3 is 1. The van der Waals surface area contributed by atoms with Crippen LogP contribution in [0.5, 0.6) is 0 Å². The van der Waals surface area contributed by atoms with Crippen LogP contribution >= 0.6 is 0 Å². The number of pyridine rings is 1. The lowest BCUT2D eigenvalue weighted by Gasteiger charge is -2.35. The van der Waals surface area contributed by atoms with Gasteiger partial charge in [0.25, 0.3) is 0 Å². The molecule has 0 spiro atoms. The molecule has 0 saturated carbocycles.